The number of cyclic esters (lactones) is 1. The van der Waals surface area contributed by atoms with Crippen LogP contribution in [0.25, 0.3) is 0 Å². The fourth-order valence-corrected chi connectivity index (χ4v) is 10.0. The molecule has 0 aromatic rings. The number of hydrogen-bond donors (Lipinski definition) is 0. The van der Waals surface area contributed by atoms with Gasteiger partial charge in [0.2, 0.25) is 35.4 Å². The molecule has 0 aliphatic carbocycles. The highest BCUT2D eigenvalue weighted by molar-refractivity contribution is 5.80. The second-order valence-corrected chi connectivity index (χ2v) is 29.0. The first-order valence-corrected chi connectivity index (χ1v) is 30.6. The average molecular weight is 1150 g/mol. The molecule has 0 atom stereocenters. The third-order valence-electron chi connectivity index (χ3n) is 14.5. The first-order valence-electron chi connectivity index (χ1n) is 30.6. The van der Waals surface area contributed by atoms with Crippen LogP contribution in [0.1, 0.15) is 235 Å². The molecular weight excluding hydrogens is 1030 g/mol. The molecule has 18 heteroatoms. The molecule has 0 saturated carbocycles. The zero-order valence-corrected chi connectivity index (χ0v) is 55.4. The maximum absolute atomic E-state index is 11.6. The van der Waals surface area contributed by atoms with E-state index in [0.717, 1.165) is 104 Å². The first-order chi connectivity index (χ1) is 37.1. The van der Waals surface area contributed by atoms with E-state index in [1.54, 1.807) is 4.90 Å². The van der Waals surface area contributed by atoms with Gasteiger partial charge in [-0.05, 0) is 203 Å². The molecule has 0 spiro atoms. The molecule has 0 bridgehead atoms. The van der Waals surface area contributed by atoms with Gasteiger partial charge in [0.05, 0.1) is 32.8 Å². The third-order valence-corrected chi connectivity index (χ3v) is 14.5. The van der Waals surface area contributed by atoms with Crippen molar-refractivity contribution in [2.75, 3.05) is 92.1 Å². The summed E-state index contributed by atoms with van der Waals surface area (Å²) in [5, 5.41) is 0. The van der Waals surface area contributed by atoms with Crippen LogP contribution >= 0.6 is 0 Å². The van der Waals surface area contributed by atoms with E-state index in [-0.39, 0.29) is 75.8 Å². The maximum atomic E-state index is 11.6. The minimum absolute atomic E-state index is 0.0153. The van der Waals surface area contributed by atoms with Gasteiger partial charge in [0.25, 0.3) is 0 Å². The second kappa shape index (κ2) is 34.1. The summed E-state index contributed by atoms with van der Waals surface area (Å²) in [5.74, 6) is 1.40. The van der Waals surface area contributed by atoms with Crippen molar-refractivity contribution in [3.8, 4) is 0 Å². The molecule has 7 heterocycles. The van der Waals surface area contributed by atoms with Gasteiger partial charge in [-0.25, -0.2) is 4.79 Å². The highest BCUT2D eigenvalue weighted by Crippen LogP contribution is 2.24. The number of ether oxygens (including phenoxy) is 4. The van der Waals surface area contributed by atoms with Gasteiger partial charge in [0, 0.05) is 110 Å². The van der Waals surface area contributed by atoms with Crippen molar-refractivity contribution >= 4 is 41.5 Å². The van der Waals surface area contributed by atoms with Gasteiger partial charge < -0.3 is 53.2 Å². The Balaban J connectivity index is 0.000000473. The lowest BCUT2D eigenvalue weighted by Crippen LogP contribution is -2.51. The van der Waals surface area contributed by atoms with Crippen LogP contribution in [0.3, 0.4) is 0 Å². The Bertz CT molecular complexity index is 1680. The van der Waals surface area contributed by atoms with E-state index < -0.39 is 0 Å². The Hall–Kier alpha value is -4.03. The molecule has 7 rings (SSSR count). The average Bonchev–Trinajstić information content (AvgIpc) is 3.89. The van der Waals surface area contributed by atoms with Gasteiger partial charge in [0.15, 0.2) is 0 Å². The Kier molecular flexibility index (Phi) is 31.5. The predicted octanol–water partition coefficient (Wildman–Crippen LogP) is 10.5. The van der Waals surface area contributed by atoms with Crippen molar-refractivity contribution in [3.63, 3.8) is 0 Å². The zero-order chi connectivity index (χ0) is 62.2. The van der Waals surface area contributed by atoms with Gasteiger partial charge in [-0.1, -0.05) is 6.42 Å². The number of nitrogens with zero attached hydrogens (tertiary/aromatic N) is 7. The minimum Gasteiger partial charge on any atom is -0.449 e. The number of rotatable bonds is 0. The molecule has 7 fully saturated rings. The number of carbonyl (C=O) groups is 7. The van der Waals surface area contributed by atoms with E-state index in [1.165, 1.54) is 25.7 Å². The molecule has 0 radical (unpaired) electrons. The Morgan fingerprint density at radius 3 is 0.926 bits per heavy atom. The van der Waals surface area contributed by atoms with Crippen LogP contribution in [0.2, 0.25) is 0 Å². The van der Waals surface area contributed by atoms with Gasteiger partial charge >= 0.3 is 6.09 Å². The normalized spacial score (nSPS) is 20.7. The number of likely N-dealkylation sites (tertiary alicyclic amines) is 3. The van der Waals surface area contributed by atoms with Crippen molar-refractivity contribution in [1.82, 2.24) is 34.3 Å². The fraction of sp³-hybridized carbons (Fsp3) is 0.889. The highest BCUT2D eigenvalue weighted by atomic mass is 16.6. The maximum Gasteiger partial charge on any atom is 0.410 e. The first kappa shape index (κ1) is 75.0. The molecule has 7 aliphatic heterocycles. The van der Waals surface area contributed by atoms with Gasteiger partial charge in [-0.3, -0.25) is 28.8 Å². The number of piperidine rings is 2. The van der Waals surface area contributed by atoms with Crippen molar-refractivity contribution < 1.29 is 52.5 Å². The summed E-state index contributed by atoms with van der Waals surface area (Å²) < 4.78 is 20.4. The highest BCUT2D eigenvalue weighted by Gasteiger charge is 2.33. The van der Waals surface area contributed by atoms with Gasteiger partial charge in [-0.15, -0.1) is 0 Å². The summed E-state index contributed by atoms with van der Waals surface area (Å²) in [7, 11) is 0. The topological polar surface area (TPSA) is 179 Å². The number of carbonyl (C=O) groups excluding carboxylic acids is 7. The summed E-state index contributed by atoms with van der Waals surface area (Å²) in [6.07, 6.45) is 13.5. The molecule has 7 amide bonds. The lowest BCUT2D eigenvalue weighted by Gasteiger charge is -2.38. The van der Waals surface area contributed by atoms with Crippen LogP contribution in [0.5, 0.6) is 0 Å². The van der Waals surface area contributed by atoms with E-state index >= 15 is 0 Å². The molecule has 0 aromatic carbocycles. The monoisotopic (exact) mass is 1150 g/mol. The van der Waals surface area contributed by atoms with Gasteiger partial charge in [0.1, 0.15) is 13.2 Å². The van der Waals surface area contributed by atoms with E-state index in [1.807, 2.05) is 70.9 Å². The molecule has 0 N–H and O–H groups in total. The summed E-state index contributed by atoms with van der Waals surface area (Å²) in [4.78, 5) is 93.3. The smallest absolute Gasteiger partial charge is 0.410 e. The van der Waals surface area contributed by atoms with Crippen molar-refractivity contribution in [2.45, 2.75) is 274 Å². The van der Waals surface area contributed by atoms with Crippen LogP contribution in [0, 0.1) is 0 Å². The fourth-order valence-electron chi connectivity index (χ4n) is 10.0. The summed E-state index contributed by atoms with van der Waals surface area (Å²) in [5.41, 5.74) is -0.228. The standard InChI is InChI=1S/C10H19NO.3C9H17NO2.2C9H17NO.C8H15NO2/c1-10(2,3)11-8-6-4-5-7-9(11)12;1-9(2,3)10-5-7-12-6-4-8(10)11;1-9(2,3)10-5-4-6-12-7-8(10)11;1-9(2,3)10-6-4-5-7-12-8(10)11;2*1-9(2,3)10-7-5-4-6-8(10)11;1-8(2,3)9-4-5-11-6-7(9)10/h4-8H2,1-3H3;3*4-7H2,1-3H3;2*4-7H2,1-3H3;4-6H2,1-3H3. The molecule has 7 aliphatic rings. The molecular formula is C63H119N7O11. The largest absolute Gasteiger partial charge is 0.449 e. The van der Waals surface area contributed by atoms with Crippen LogP contribution in [-0.2, 0) is 47.7 Å². The predicted molar refractivity (Wildman–Crippen MR) is 324 cm³/mol. The number of hydrogen-bond acceptors (Lipinski definition) is 11. The lowest BCUT2D eigenvalue weighted by atomic mass is 10.0. The Morgan fingerprint density at radius 2 is 0.531 bits per heavy atom. The van der Waals surface area contributed by atoms with Crippen molar-refractivity contribution in [2.24, 2.45) is 0 Å². The summed E-state index contributed by atoms with van der Waals surface area (Å²) >= 11 is 0. The van der Waals surface area contributed by atoms with Crippen LogP contribution < -0.4 is 0 Å². The van der Waals surface area contributed by atoms with E-state index in [4.69, 9.17) is 18.9 Å². The molecule has 7 saturated heterocycles. The molecule has 81 heavy (non-hydrogen) atoms. The Morgan fingerprint density at radius 1 is 0.247 bits per heavy atom. The minimum atomic E-state index is -0.167. The molecule has 472 valence electrons. The number of morpholine rings is 1. The number of amides is 7. The SMILES string of the molecule is CC(C)(C)N1CCCCC1=O.CC(C)(C)N1CCCCC1=O.CC(C)(C)N1CCCCCC1=O.CC(C)(C)N1CCCCOC1=O.CC(C)(C)N1CCCOCC1=O.CC(C)(C)N1CCOCC1=O.CC(C)(C)N1CCOCCC1=O. The summed E-state index contributed by atoms with van der Waals surface area (Å²) in [6, 6.07) is 0. The van der Waals surface area contributed by atoms with Crippen LogP contribution in [-0.4, -0.2) is 207 Å². The van der Waals surface area contributed by atoms with Crippen molar-refractivity contribution in [3.05, 3.63) is 0 Å². The molecule has 0 unspecified atom stereocenters. The van der Waals surface area contributed by atoms with E-state index in [2.05, 4.69) is 104 Å². The van der Waals surface area contributed by atoms with Crippen LogP contribution in [0.4, 0.5) is 4.79 Å². The summed E-state index contributed by atoms with van der Waals surface area (Å²) in [6.45, 7) is 53.0. The molecule has 0 aromatic heterocycles. The van der Waals surface area contributed by atoms with Crippen LogP contribution in [0.15, 0.2) is 0 Å². The van der Waals surface area contributed by atoms with Crippen molar-refractivity contribution in [1.29, 1.82) is 0 Å². The molecule has 18 nitrogen and oxygen atoms in total. The second-order valence-electron chi connectivity index (χ2n) is 29.0. The Labute approximate surface area is 492 Å². The zero-order valence-electron chi connectivity index (χ0n) is 55.4. The quantitative estimate of drug-likeness (QED) is 0.225. The third kappa shape index (κ3) is 29.4. The van der Waals surface area contributed by atoms with E-state index in [9.17, 15) is 33.6 Å². The van der Waals surface area contributed by atoms with E-state index in [0.29, 0.717) is 57.2 Å². The lowest BCUT2D eigenvalue weighted by molar-refractivity contribution is -0.148. The van der Waals surface area contributed by atoms with Gasteiger partial charge in [-0.2, -0.15) is 0 Å².